The number of ether oxygens (including phenoxy) is 3. The summed E-state index contributed by atoms with van der Waals surface area (Å²) >= 11 is 0. The number of aryl methyl sites for hydroxylation is 1. The number of esters is 1. The Bertz CT molecular complexity index is 1590. The van der Waals surface area contributed by atoms with Crippen LogP contribution in [0.5, 0.6) is 11.5 Å². The molecule has 2 aromatic heterocycles. The van der Waals surface area contributed by atoms with Crippen LogP contribution in [-0.2, 0) is 9.53 Å². The number of likely N-dealkylation sites (tertiary alicyclic amines) is 1. The Morgan fingerprint density at radius 2 is 1.98 bits per heavy atom. The molecule has 40 heavy (non-hydrogen) atoms. The highest BCUT2D eigenvalue weighted by molar-refractivity contribution is 5.81. The number of aromatic nitrogens is 3. The van der Waals surface area contributed by atoms with Crippen molar-refractivity contribution in [3.8, 4) is 11.5 Å². The zero-order valence-corrected chi connectivity index (χ0v) is 21.6. The lowest BCUT2D eigenvalue weighted by Gasteiger charge is -2.34. The summed E-state index contributed by atoms with van der Waals surface area (Å²) < 4.78 is 75.6. The molecule has 0 aliphatic carbocycles. The zero-order chi connectivity index (χ0) is 28.6. The molecular weight excluding hydrogens is 540 g/mol. The molecule has 0 bridgehead atoms. The van der Waals surface area contributed by atoms with Crippen LogP contribution in [0.25, 0.3) is 22.1 Å². The lowest BCUT2D eigenvalue weighted by Crippen LogP contribution is -2.44. The summed E-state index contributed by atoms with van der Waals surface area (Å²) in [6, 6.07) is 6.98. The second-order valence-electron chi connectivity index (χ2n) is 9.53. The van der Waals surface area contributed by atoms with Gasteiger partial charge >= 0.3 is 17.8 Å². The van der Waals surface area contributed by atoms with E-state index in [1.54, 1.807) is 17.6 Å². The van der Waals surface area contributed by atoms with Gasteiger partial charge in [0, 0.05) is 44.7 Å². The standard InChI is InChI=1S/C26H26F4N4O6/c1-14-31-23-21(10-17(37-2)11-22(23)39-14)38-13-18(40-24(35)26(28,29)30)12-33-7-5-16(6-8-33)34-20-4-3-15(27)9-19(20)32-25(34)36/h3-4,9-11,16,18H,5-8,12-13H2,1-2H3,(H,32,36)/t18-/m0/s1. The minimum atomic E-state index is -5.17. The molecule has 0 radical (unpaired) electrons. The number of methoxy groups -OCH3 is 1. The van der Waals surface area contributed by atoms with Gasteiger partial charge in [-0.2, -0.15) is 13.2 Å². The van der Waals surface area contributed by atoms with E-state index in [9.17, 15) is 27.2 Å². The van der Waals surface area contributed by atoms with E-state index in [0.717, 1.165) is 0 Å². The van der Waals surface area contributed by atoms with Crippen molar-refractivity contribution in [1.82, 2.24) is 19.4 Å². The number of alkyl halides is 3. The average molecular weight is 567 g/mol. The maximum Gasteiger partial charge on any atom is 0.490 e. The first-order valence-corrected chi connectivity index (χ1v) is 12.5. The molecule has 214 valence electrons. The van der Waals surface area contributed by atoms with Gasteiger partial charge in [0.25, 0.3) is 0 Å². The number of hydrogen-bond acceptors (Lipinski definition) is 8. The molecule has 0 amide bonds. The molecule has 1 atom stereocenters. The quantitative estimate of drug-likeness (QED) is 0.251. The number of nitrogens with one attached hydrogen (secondary N) is 1. The molecule has 14 heteroatoms. The second-order valence-corrected chi connectivity index (χ2v) is 9.53. The van der Waals surface area contributed by atoms with Gasteiger partial charge in [0.2, 0.25) is 0 Å². The molecule has 1 N–H and O–H groups in total. The van der Waals surface area contributed by atoms with E-state index in [1.807, 2.05) is 4.90 Å². The maximum atomic E-state index is 13.6. The number of halogens is 4. The van der Waals surface area contributed by atoms with Gasteiger partial charge in [-0.25, -0.2) is 19.0 Å². The van der Waals surface area contributed by atoms with Crippen molar-refractivity contribution >= 4 is 28.1 Å². The molecule has 2 aromatic carbocycles. The van der Waals surface area contributed by atoms with E-state index in [1.165, 1.54) is 31.4 Å². The number of carbonyl (C=O) groups excluding carboxylic acids is 1. The van der Waals surface area contributed by atoms with E-state index < -0.39 is 24.1 Å². The van der Waals surface area contributed by atoms with Gasteiger partial charge in [0.1, 0.15) is 24.3 Å². The topological polar surface area (TPSA) is 112 Å². The molecule has 0 spiro atoms. The van der Waals surface area contributed by atoms with Gasteiger partial charge in [-0.3, -0.25) is 9.47 Å². The van der Waals surface area contributed by atoms with E-state index >= 15 is 0 Å². The Morgan fingerprint density at radius 3 is 2.67 bits per heavy atom. The van der Waals surface area contributed by atoms with Crippen molar-refractivity contribution in [1.29, 1.82) is 0 Å². The van der Waals surface area contributed by atoms with Crippen molar-refractivity contribution in [2.45, 2.75) is 38.1 Å². The molecule has 5 rings (SSSR count). The predicted octanol–water partition coefficient (Wildman–Crippen LogP) is 4.12. The first-order valence-electron chi connectivity index (χ1n) is 12.5. The summed E-state index contributed by atoms with van der Waals surface area (Å²) in [7, 11) is 1.44. The Balaban J connectivity index is 1.29. The third kappa shape index (κ3) is 5.76. The van der Waals surface area contributed by atoms with Crippen molar-refractivity contribution in [2.75, 3.05) is 33.4 Å². The summed E-state index contributed by atoms with van der Waals surface area (Å²) in [4.78, 5) is 33.0. The number of aromatic amines is 1. The van der Waals surface area contributed by atoms with Crippen LogP contribution in [0.1, 0.15) is 24.8 Å². The molecule has 10 nitrogen and oxygen atoms in total. The van der Waals surface area contributed by atoms with E-state index in [0.29, 0.717) is 59.7 Å². The third-order valence-corrected chi connectivity index (χ3v) is 6.77. The number of piperidine rings is 1. The number of benzene rings is 2. The second kappa shape index (κ2) is 10.8. The van der Waals surface area contributed by atoms with Gasteiger partial charge in [0.05, 0.1) is 18.1 Å². The molecule has 1 saturated heterocycles. The number of carbonyl (C=O) groups is 1. The van der Waals surface area contributed by atoms with Gasteiger partial charge in [-0.15, -0.1) is 0 Å². The molecular formula is C26H26F4N4O6. The number of H-pyrrole nitrogens is 1. The summed E-state index contributed by atoms with van der Waals surface area (Å²) in [5.74, 6) is -1.84. The van der Waals surface area contributed by atoms with Crippen LogP contribution in [-0.4, -0.2) is 71.0 Å². The molecule has 1 aliphatic rings. The van der Waals surface area contributed by atoms with E-state index in [2.05, 4.69) is 9.97 Å². The summed E-state index contributed by atoms with van der Waals surface area (Å²) in [5.41, 5.74) is 1.31. The molecule has 1 aliphatic heterocycles. The largest absolute Gasteiger partial charge is 0.496 e. The lowest BCUT2D eigenvalue weighted by molar-refractivity contribution is -0.206. The van der Waals surface area contributed by atoms with Crippen LogP contribution < -0.4 is 15.2 Å². The van der Waals surface area contributed by atoms with Gasteiger partial charge in [0.15, 0.2) is 22.7 Å². The smallest absolute Gasteiger partial charge is 0.490 e. The van der Waals surface area contributed by atoms with Crippen LogP contribution in [0.4, 0.5) is 17.6 Å². The summed E-state index contributed by atoms with van der Waals surface area (Å²) in [6.45, 7) is 2.04. The Morgan fingerprint density at radius 1 is 1.23 bits per heavy atom. The van der Waals surface area contributed by atoms with Crippen LogP contribution in [0, 0.1) is 12.7 Å². The Labute approximate surface area is 224 Å². The summed E-state index contributed by atoms with van der Waals surface area (Å²) in [5, 5.41) is 0. The number of rotatable bonds is 8. The number of imidazole rings is 1. The minimum Gasteiger partial charge on any atom is -0.496 e. The van der Waals surface area contributed by atoms with Crippen molar-refractivity contribution < 1.29 is 41.0 Å². The SMILES string of the molecule is COc1cc(OC[C@H](CN2CCC(n3c(=O)[nH]c4cc(F)ccc43)CC2)OC(=O)C(F)(F)F)c2nc(C)oc2c1. The Hall–Kier alpha value is -4.07. The monoisotopic (exact) mass is 566 g/mol. The predicted molar refractivity (Wildman–Crippen MR) is 134 cm³/mol. The number of fused-ring (bicyclic) bond motifs is 2. The normalized spacial score (nSPS) is 15.9. The number of oxazole rings is 1. The molecule has 4 aromatic rings. The minimum absolute atomic E-state index is 0.0342. The highest BCUT2D eigenvalue weighted by atomic mass is 19.4. The van der Waals surface area contributed by atoms with Crippen LogP contribution >= 0.6 is 0 Å². The molecule has 0 unspecified atom stereocenters. The lowest BCUT2D eigenvalue weighted by atomic mass is 10.0. The fraction of sp³-hybridized carbons (Fsp3) is 0.423. The van der Waals surface area contributed by atoms with Crippen LogP contribution in [0.3, 0.4) is 0 Å². The fourth-order valence-corrected chi connectivity index (χ4v) is 4.95. The van der Waals surface area contributed by atoms with Crippen molar-refractivity contribution in [2.24, 2.45) is 0 Å². The van der Waals surface area contributed by atoms with Crippen LogP contribution in [0.2, 0.25) is 0 Å². The Kier molecular flexibility index (Phi) is 7.45. The number of hydrogen-bond donors (Lipinski definition) is 1. The van der Waals surface area contributed by atoms with Gasteiger partial charge < -0.3 is 23.6 Å². The zero-order valence-electron chi connectivity index (χ0n) is 21.6. The highest BCUT2D eigenvalue weighted by Gasteiger charge is 2.42. The molecule has 3 heterocycles. The number of nitrogens with zero attached hydrogens (tertiary/aromatic N) is 3. The average Bonchev–Trinajstić information content (AvgIpc) is 3.44. The van der Waals surface area contributed by atoms with Gasteiger partial charge in [-0.05, 0) is 31.0 Å². The van der Waals surface area contributed by atoms with Crippen molar-refractivity contribution in [3.63, 3.8) is 0 Å². The first-order chi connectivity index (χ1) is 19.0. The van der Waals surface area contributed by atoms with Crippen molar-refractivity contribution in [3.05, 3.63) is 52.5 Å². The van der Waals surface area contributed by atoms with Gasteiger partial charge in [-0.1, -0.05) is 0 Å². The first kappa shape index (κ1) is 27.5. The summed E-state index contributed by atoms with van der Waals surface area (Å²) in [6.07, 6.45) is -5.44. The van der Waals surface area contributed by atoms with E-state index in [-0.39, 0.29) is 30.6 Å². The fourth-order valence-electron chi connectivity index (χ4n) is 4.95. The maximum absolute atomic E-state index is 13.6. The third-order valence-electron chi connectivity index (χ3n) is 6.77. The molecule has 0 saturated carbocycles. The molecule has 1 fully saturated rings. The highest BCUT2D eigenvalue weighted by Crippen LogP contribution is 2.32. The van der Waals surface area contributed by atoms with E-state index in [4.69, 9.17) is 18.6 Å². The van der Waals surface area contributed by atoms with Crippen LogP contribution in [0.15, 0.2) is 39.5 Å².